The molecule has 0 saturated carbocycles. The number of piperazine rings is 1. The summed E-state index contributed by atoms with van der Waals surface area (Å²) in [6, 6.07) is 14.8. The average Bonchev–Trinajstić information content (AvgIpc) is 2.77. The molecule has 1 saturated heterocycles. The van der Waals surface area contributed by atoms with Crippen LogP contribution >= 0.6 is 15.9 Å². The van der Waals surface area contributed by atoms with E-state index in [4.69, 9.17) is 0 Å². The van der Waals surface area contributed by atoms with Crippen LogP contribution in [-0.2, 0) is 14.6 Å². The fourth-order valence-corrected chi connectivity index (χ4v) is 5.47. The number of aromatic nitrogens is 1. The lowest BCUT2D eigenvalue weighted by molar-refractivity contribution is -0.131. The maximum Gasteiger partial charge on any atom is 0.223 e. The molecule has 3 aromatic rings. The Labute approximate surface area is 190 Å². The van der Waals surface area contributed by atoms with Crippen LogP contribution in [0, 0.1) is 6.92 Å². The third-order valence-corrected chi connectivity index (χ3v) is 7.80. The van der Waals surface area contributed by atoms with Crippen LogP contribution in [0.3, 0.4) is 0 Å². The minimum Gasteiger partial charge on any atom is -0.368 e. The molecule has 2 aromatic carbocycles. The number of rotatable bonds is 5. The number of benzene rings is 2. The van der Waals surface area contributed by atoms with Crippen molar-refractivity contribution in [2.75, 3.05) is 36.8 Å². The van der Waals surface area contributed by atoms with Crippen molar-refractivity contribution >= 4 is 48.1 Å². The van der Waals surface area contributed by atoms with Gasteiger partial charge in [0.05, 0.1) is 10.6 Å². The first kappa shape index (κ1) is 21.8. The molecule has 6 nitrogen and oxygen atoms in total. The van der Waals surface area contributed by atoms with E-state index < -0.39 is 9.84 Å². The summed E-state index contributed by atoms with van der Waals surface area (Å²) in [5, 5.41) is 1.82. The number of fused-ring (bicyclic) bond motifs is 1. The van der Waals surface area contributed by atoms with Gasteiger partial charge >= 0.3 is 0 Å². The van der Waals surface area contributed by atoms with Crippen LogP contribution < -0.4 is 4.90 Å². The van der Waals surface area contributed by atoms with Crippen LogP contribution in [0.25, 0.3) is 10.8 Å². The topological polar surface area (TPSA) is 70.6 Å². The molecule has 0 aliphatic carbocycles. The van der Waals surface area contributed by atoms with Crippen LogP contribution in [0.5, 0.6) is 0 Å². The highest BCUT2D eigenvalue weighted by atomic mass is 79.9. The predicted octanol–water partition coefficient (Wildman–Crippen LogP) is 3.82. The molecule has 1 aliphatic heterocycles. The smallest absolute Gasteiger partial charge is 0.223 e. The number of hydrogen-bond donors (Lipinski definition) is 0. The van der Waals surface area contributed by atoms with E-state index in [0.29, 0.717) is 13.1 Å². The molecule has 8 heteroatoms. The van der Waals surface area contributed by atoms with Crippen molar-refractivity contribution in [3.05, 3.63) is 64.9 Å². The zero-order valence-electron chi connectivity index (χ0n) is 17.3. The standard InChI is InChI=1S/C23H24BrN3O3S/c1-17-14-21(6-8-25-17)26-9-11-27(12-10-26)23(28)7-13-31(29,30)22-5-3-18-15-20(24)4-2-19(18)16-22/h2-6,8,14-16H,7,9-13H2,1H3. The van der Waals surface area contributed by atoms with Crippen molar-refractivity contribution in [1.82, 2.24) is 9.88 Å². The molecule has 0 bridgehead atoms. The maximum absolute atomic E-state index is 12.8. The van der Waals surface area contributed by atoms with Crippen molar-refractivity contribution < 1.29 is 13.2 Å². The molecule has 0 atom stereocenters. The molecule has 162 valence electrons. The van der Waals surface area contributed by atoms with Gasteiger partial charge in [-0.1, -0.05) is 28.1 Å². The number of sulfone groups is 1. The Kier molecular flexibility index (Phi) is 6.29. The third-order valence-electron chi connectivity index (χ3n) is 5.60. The summed E-state index contributed by atoms with van der Waals surface area (Å²) in [4.78, 5) is 21.1. The molecule has 31 heavy (non-hydrogen) atoms. The molecule has 2 heterocycles. The summed E-state index contributed by atoms with van der Waals surface area (Å²) in [6.45, 7) is 4.58. The molecule has 0 unspecified atom stereocenters. The van der Waals surface area contributed by atoms with Crippen LogP contribution in [-0.4, -0.2) is 56.1 Å². The minimum atomic E-state index is -3.53. The highest BCUT2D eigenvalue weighted by molar-refractivity contribution is 9.10. The van der Waals surface area contributed by atoms with Gasteiger partial charge in [-0.2, -0.15) is 0 Å². The lowest BCUT2D eigenvalue weighted by Gasteiger charge is -2.36. The number of aryl methyl sites for hydroxylation is 1. The predicted molar refractivity (Wildman–Crippen MR) is 126 cm³/mol. The molecule has 1 aromatic heterocycles. The zero-order chi connectivity index (χ0) is 22.0. The lowest BCUT2D eigenvalue weighted by atomic mass is 10.1. The molecule has 1 amide bonds. The van der Waals surface area contributed by atoms with Crippen LogP contribution in [0.2, 0.25) is 0 Å². The first-order chi connectivity index (χ1) is 14.8. The van der Waals surface area contributed by atoms with Gasteiger partial charge in [0, 0.05) is 54.7 Å². The molecule has 4 rings (SSSR count). The number of carbonyl (C=O) groups excluding carboxylic acids is 1. The first-order valence-corrected chi connectivity index (χ1v) is 12.6. The lowest BCUT2D eigenvalue weighted by Crippen LogP contribution is -2.49. The summed E-state index contributed by atoms with van der Waals surface area (Å²) >= 11 is 3.42. The molecule has 0 radical (unpaired) electrons. The molecular weight excluding hydrogens is 478 g/mol. The van der Waals surface area contributed by atoms with E-state index in [1.807, 2.05) is 37.3 Å². The van der Waals surface area contributed by atoms with Gasteiger partial charge in [0.25, 0.3) is 0 Å². The van der Waals surface area contributed by atoms with Gasteiger partial charge in [-0.15, -0.1) is 0 Å². The normalized spacial score (nSPS) is 14.8. The van der Waals surface area contributed by atoms with Gasteiger partial charge in [0.1, 0.15) is 0 Å². The Morgan fingerprint density at radius 2 is 1.71 bits per heavy atom. The van der Waals surface area contributed by atoms with Crippen LogP contribution in [0.15, 0.2) is 64.1 Å². The second-order valence-corrected chi connectivity index (χ2v) is 10.8. The van der Waals surface area contributed by atoms with Crippen molar-refractivity contribution in [2.24, 2.45) is 0 Å². The third kappa shape index (κ3) is 5.07. The number of amides is 1. The maximum atomic E-state index is 12.8. The van der Waals surface area contributed by atoms with Gasteiger partial charge in [-0.05, 0) is 54.1 Å². The Morgan fingerprint density at radius 1 is 1.00 bits per heavy atom. The number of hydrogen-bond acceptors (Lipinski definition) is 5. The highest BCUT2D eigenvalue weighted by Gasteiger charge is 2.24. The summed E-state index contributed by atoms with van der Waals surface area (Å²) in [7, 11) is -3.53. The number of pyridine rings is 1. The Bertz CT molecular complexity index is 1220. The average molecular weight is 502 g/mol. The van der Waals surface area contributed by atoms with Gasteiger partial charge in [-0.3, -0.25) is 9.78 Å². The Morgan fingerprint density at radius 3 is 2.45 bits per heavy atom. The van der Waals surface area contributed by atoms with Crippen molar-refractivity contribution in [3.8, 4) is 0 Å². The molecule has 1 fully saturated rings. The van der Waals surface area contributed by atoms with Crippen molar-refractivity contribution in [1.29, 1.82) is 0 Å². The summed E-state index contributed by atoms with van der Waals surface area (Å²) in [6.07, 6.45) is 1.79. The Hall–Kier alpha value is -2.45. The fourth-order valence-electron chi connectivity index (χ4n) is 3.83. The van der Waals surface area contributed by atoms with Gasteiger partial charge < -0.3 is 9.80 Å². The second-order valence-electron chi connectivity index (χ2n) is 7.75. The van der Waals surface area contributed by atoms with E-state index in [-0.39, 0.29) is 23.0 Å². The highest BCUT2D eigenvalue weighted by Crippen LogP contribution is 2.24. The van der Waals surface area contributed by atoms with Crippen LogP contribution in [0.4, 0.5) is 5.69 Å². The second kappa shape index (κ2) is 8.96. The number of anilines is 1. The molecule has 0 N–H and O–H groups in total. The van der Waals surface area contributed by atoms with Crippen molar-refractivity contribution in [2.45, 2.75) is 18.2 Å². The van der Waals surface area contributed by atoms with E-state index in [1.165, 1.54) is 0 Å². The van der Waals surface area contributed by atoms with Crippen molar-refractivity contribution in [3.63, 3.8) is 0 Å². The summed E-state index contributed by atoms with van der Waals surface area (Å²) in [5.74, 6) is -0.295. The largest absolute Gasteiger partial charge is 0.368 e. The van der Waals surface area contributed by atoms with E-state index in [0.717, 1.165) is 39.7 Å². The summed E-state index contributed by atoms with van der Waals surface area (Å²) in [5.41, 5.74) is 2.06. The Balaban J connectivity index is 1.35. The van der Waals surface area contributed by atoms with Gasteiger partial charge in [0.15, 0.2) is 9.84 Å². The summed E-state index contributed by atoms with van der Waals surface area (Å²) < 4.78 is 26.6. The molecule has 1 aliphatic rings. The number of carbonyl (C=O) groups is 1. The van der Waals surface area contributed by atoms with E-state index in [1.54, 1.807) is 29.3 Å². The van der Waals surface area contributed by atoms with Gasteiger partial charge in [-0.25, -0.2) is 8.42 Å². The van der Waals surface area contributed by atoms with E-state index in [9.17, 15) is 13.2 Å². The number of nitrogens with zero attached hydrogens (tertiary/aromatic N) is 3. The molecular formula is C23H24BrN3O3S. The molecule has 0 spiro atoms. The quantitative estimate of drug-likeness (QED) is 0.531. The number of halogens is 1. The van der Waals surface area contributed by atoms with E-state index in [2.05, 4.69) is 25.8 Å². The SMILES string of the molecule is Cc1cc(N2CCN(C(=O)CCS(=O)(=O)c3ccc4cc(Br)ccc4c3)CC2)ccn1. The minimum absolute atomic E-state index is 0.00489. The van der Waals surface area contributed by atoms with Gasteiger partial charge in [0.2, 0.25) is 5.91 Å². The zero-order valence-corrected chi connectivity index (χ0v) is 19.7. The fraction of sp³-hybridized carbons (Fsp3) is 0.304. The first-order valence-electron chi connectivity index (χ1n) is 10.2. The van der Waals surface area contributed by atoms with Crippen LogP contribution in [0.1, 0.15) is 12.1 Å². The monoisotopic (exact) mass is 501 g/mol. The van der Waals surface area contributed by atoms with E-state index >= 15 is 0 Å².